The van der Waals surface area contributed by atoms with Crippen molar-refractivity contribution < 1.29 is 28.6 Å². The number of anilines is 1. The molecule has 0 spiro atoms. The summed E-state index contributed by atoms with van der Waals surface area (Å²) in [6.07, 6.45) is 3.41. The molecule has 0 fully saturated rings. The van der Waals surface area contributed by atoms with Gasteiger partial charge in [0.15, 0.2) is 23.9 Å². The molecule has 1 N–H and O–H groups in total. The van der Waals surface area contributed by atoms with Gasteiger partial charge in [-0.2, -0.15) is 0 Å². The Morgan fingerprint density at radius 3 is 2.45 bits per heavy atom. The van der Waals surface area contributed by atoms with Crippen molar-refractivity contribution in [2.75, 3.05) is 18.7 Å². The molecule has 0 bridgehead atoms. The van der Waals surface area contributed by atoms with Gasteiger partial charge < -0.3 is 19.5 Å². The van der Waals surface area contributed by atoms with Crippen molar-refractivity contribution in [1.29, 1.82) is 0 Å². The number of benzene rings is 2. The summed E-state index contributed by atoms with van der Waals surface area (Å²) >= 11 is 0. The lowest BCUT2D eigenvalue weighted by Crippen LogP contribution is -2.15. The van der Waals surface area contributed by atoms with Crippen LogP contribution < -0.4 is 14.8 Å². The molecule has 1 amide bonds. The highest BCUT2D eigenvalue weighted by Gasteiger charge is 2.18. The van der Waals surface area contributed by atoms with Crippen molar-refractivity contribution in [1.82, 2.24) is 0 Å². The highest BCUT2D eigenvalue weighted by atomic mass is 16.7. The van der Waals surface area contributed by atoms with Gasteiger partial charge in [-0.05, 0) is 48.9 Å². The summed E-state index contributed by atoms with van der Waals surface area (Å²) in [6, 6.07) is 11.2. The van der Waals surface area contributed by atoms with Crippen molar-refractivity contribution in [3.63, 3.8) is 0 Å². The molecule has 3 rings (SSSR count). The number of carbonyl (C=O) groups excluding carboxylic acids is 3. The van der Waals surface area contributed by atoms with Gasteiger partial charge >= 0.3 is 5.97 Å². The van der Waals surface area contributed by atoms with E-state index in [0.29, 0.717) is 29.2 Å². The maximum atomic E-state index is 12.3. The van der Waals surface area contributed by atoms with Gasteiger partial charge in [-0.25, -0.2) is 4.79 Å². The second kappa shape index (κ2) is 9.73. The monoisotopic (exact) mass is 397 g/mol. The van der Waals surface area contributed by atoms with E-state index in [9.17, 15) is 14.4 Å². The third kappa shape index (κ3) is 5.57. The van der Waals surface area contributed by atoms with E-state index in [1.807, 2.05) is 0 Å². The Balaban J connectivity index is 1.49. The summed E-state index contributed by atoms with van der Waals surface area (Å²) in [7, 11) is 0. The molecule has 2 aromatic rings. The van der Waals surface area contributed by atoms with Crippen molar-refractivity contribution in [2.45, 2.75) is 32.6 Å². The predicted octanol–water partition coefficient (Wildman–Crippen LogP) is 3.97. The molecule has 1 aliphatic rings. The summed E-state index contributed by atoms with van der Waals surface area (Å²) in [4.78, 5) is 36.2. The van der Waals surface area contributed by atoms with E-state index in [1.54, 1.807) is 36.4 Å². The Morgan fingerprint density at radius 1 is 0.966 bits per heavy atom. The van der Waals surface area contributed by atoms with Crippen LogP contribution in [0.3, 0.4) is 0 Å². The highest BCUT2D eigenvalue weighted by Crippen LogP contribution is 2.32. The van der Waals surface area contributed by atoms with Crippen LogP contribution >= 0.6 is 0 Å². The minimum absolute atomic E-state index is 0.0461. The molecule has 0 aromatic heterocycles. The molecule has 1 heterocycles. The lowest BCUT2D eigenvalue weighted by molar-refractivity contribution is -0.116. The number of unbranched alkanes of at least 4 members (excludes halogenated alkanes) is 2. The maximum Gasteiger partial charge on any atom is 0.338 e. The number of hydrogen-bond acceptors (Lipinski definition) is 6. The van der Waals surface area contributed by atoms with Crippen LogP contribution in [0.2, 0.25) is 0 Å². The molecular formula is C22H23NO6. The Morgan fingerprint density at radius 2 is 1.69 bits per heavy atom. The van der Waals surface area contributed by atoms with Gasteiger partial charge in [0.2, 0.25) is 12.7 Å². The van der Waals surface area contributed by atoms with Gasteiger partial charge in [-0.15, -0.1) is 0 Å². The van der Waals surface area contributed by atoms with Crippen LogP contribution in [0.4, 0.5) is 5.69 Å². The molecular weight excluding hydrogens is 374 g/mol. The second-order valence-corrected chi connectivity index (χ2v) is 6.65. The average molecular weight is 397 g/mol. The van der Waals surface area contributed by atoms with E-state index in [2.05, 4.69) is 12.2 Å². The first-order valence-corrected chi connectivity index (χ1v) is 9.56. The first kappa shape index (κ1) is 20.4. The summed E-state index contributed by atoms with van der Waals surface area (Å²) in [6.45, 7) is 1.82. The number of hydrogen-bond donors (Lipinski definition) is 1. The van der Waals surface area contributed by atoms with Gasteiger partial charge in [-0.3, -0.25) is 9.59 Å². The number of carbonyl (C=O) groups is 3. The lowest BCUT2D eigenvalue weighted by atomic mass is 10.1. The van der Waals surface area contributed by atoms with Gasteiger partial charge in [-0.1, -0.05) is 19.8 Å². The third-order valence-corrected chi connectivity index (χ3v) is 4.44. The minimum atomic E-state index is -0.618. The molecule has 1 aliphatic heterocycles. The van der Waals surface area contributed by atoms with Gasteiger partial charge in [0.05, 0.1) is 5.56 Å². The van der Waals surface area contributed by atoms with Crippen LogP contribution in [0.5, 0.6) is 11.5 Å². The van der Waals surface area contributed by atoms with Crippen LogP contribution in [0, 0.1) is 0 Å². The molecule has 0 aliphatic carbocycles. The highest BCUT2D eigenvalue weighted by molar-refractivity contribution is 6.00. The Kier molecular flexibility index (Phi) is 6.84. The Labute approximate surface area is 169 Å². The SMILES string of the molecule is CCCCCC(=O)Nc1ccc(C(=O)COC(=O)c2ccc3c(c2)OCO3)cc1. The first-order valence-electron chi connectivity index (χ1n) is 9.56. The zero-order valence-electron chi connectivity index (χ0n) is 16.2. The number of fused-ring (bicyclic) bond motifs is 1. The van der Waals surface area contributed by atoms with Crippen LogP contribution in [0.25, 0.3) is 0 Å². The molecule has 2 aromatic carbocycles. The average Bonchev–Trinajstić information content (AvgIpc) is 3.20. The molecule has 29 heavy (non-hydrogen) atoms. The van der Waals surface area contributed by atoms with Crippen LogP contribution in [-0.2, 0) is 9.53 Å². The normalized spacial score (nSPS) is 11.8. The number of ketones is 1. The fourth-order valence-electron chi connectivity index (χ4n) is 2.82. The molecule has 152 valence electrons. The predicted molar refractivity (Wildman–Crippen MR) is 106 cm³/mol. The second-order valence-electron chi connectivity index (χ2n) is 6.65. The molecule has 7 nitrogen and oxygen atoms in total. The number of Topliss-reactive ketones (excluding diaryl/α,β-unsaturated/α-hetero) is 1. The fraction of sp³-hybridized carbons (Fsp3) is 0.318. The summed E-state index contributed by atoms with van der Waals surface area (Å²) in [5, 5.41) is 2.80. The largest absolute Gasteiger partial charge is 0.454 e. The van der Waals surface area contributed by atoms with E-state index in [0.717, 1.165) is 19.3 Å². The topological polar surface area (TPSA) is 90.9 Å². The smallest absolute Gasteiger partial charge is 0.338 e. The quantitative estimate of drug-likeness (QED) is 0.391. The number of nitrogens with one attached hydrogen (secondary N) is 1. The van der Waals surface area contributed by atoms with E-state index >= 15 is 0 Å². The third-order valence-electron chi connectivity index (χ3n) is 4.44. The Hall–Kier alpha value is -3.35. The molecule has 0 unspecified atom stereocenters. The van der Waals surface area contributed by atoms with Crippen molar-refractivity contribution >= 4 is 23.3 Å². The van der Waals surface area contributed by atoms with Crippen molar-refractivity contribution in [3.8, 4) is 11.5 Å². The summed E-state index contributed by atoms with van der Waals surface area (Å²) in [5.41, 5.74) is 1.30. The van der Waals surface area contributed by atoms with E-state index in [1.165, 1.54) is 6.07 Å². The molecule has 7 heteroatoms. The number of amides is 1. The fourth-order valence-corrected chi connectivity index (χ4v) is 2.82. The lowest BCUT2D eigenvalue weighted by Gasteiger charge is -2.07. The summed E-state index contributed by atoms with van der Waals surface area (Å²) < 4.78 is 15.5. The number of esters is 1. The van der Waals surface area contributed by atoms with E-state index in [-0.39, 0.29) is 30.7 Å². The van der Waals surface area contributed by atoms with Gasteiger partial charge in [0.25, 0.3) is 0 Å². The number of rotatable bonds is 9. The zero-order chi connectivity index (χ0) is 20.6. The van der Waals surface area contributed by atoms with E-state index in [4.69, 9.17) is 14.2 Å². The standard InChI is InChI=1S/C22H23NO6/c1-2-3-4-5-21(25)23-17-9-6-15(7-10-17)18(24)13-27-22(26)16-8-11-19-20(12-16)29-14-28-19/h6-12H,2-5,13-14H2,1H3,(H,23,25). The van der Waals surface area contributed by atoms with Crippen molar-refractivity contribution in [2.24, 2.45) is 0 Å². The van der Waals surface area contributed by atoms with Crippen LogP contribution in [-0.4, -0.2) is 31.1 Å². The van der Waals surface area contributed by atoms with Gasteiger partial charge in [0, 0.05) is 17.7 Å². The zero-order valence-corrected chi connectivity index (χ0v) is 16.2. The first-order chi connectivity index (χ1) is 14.1. The molecule has 0 saturated carbocycles. The number of ether oxygens (including phenoxy) is 3. The molecule has 0 saturated heterocycles. The molecule has 0 atom stereocenters. The van der Waals surface area contributed by atoms with Crippen LogP contribution in [0.1, 0.15) is 53.3 Å². The Bertz CT molecular complexity index is 891. The molecule has 0 radical (unpaired) electrons. The summed E-state index contributed by atoms with van der Waals surface area (Å²) in [5.74, 6) is 0.0380. The minimum Gasteiger partial charge on any atom is -0.454 e. The maximum absolute atomic E-state index is 12.3. The van der Waals surface area contributed by atoms with Crippen molar-refractivity contribution in [3.05, 3.63) is 53.6 Å². The van der Waals surface area contributed by atoms with E-state index < -0.39 is 5.97 Å². The van der Waals surface area contributed by atoms with Crippen LogP contribution in [0.15, 0.2) is 42.5 Å². The van der Waals surface area contributed by atoms with Gasteiger partial charge in [0.1, 0.15) is 0 Å².